The summed E-state index contributed by atoms with van der Waals surface area (Å²) in [7, 11) is 3.26. The molecule has 0 bridgehead atoms. The molecule has 0 saturated carbocycles. The number of nitrogens with one attached hydrogen (secondary N) is 2. The number of anilines is 3. The summed E-state index contributed by atoms with van der Waals surface area (Å²) in [5, 5.41) is 6.21. The van der Waals surface area contributed by atoms with Crippen LogP contribution in [0.2, 0.25) is 5.02 Å². The Hall–Kier alpha value is -3.51. The van der Waals surface area contributed by atoms with Crippen molar-refractivity contribution in [3.63, 3.8) is 0 Å². The van der Waals surface area contributed by atoms with Crippen LogP contribution in [-0.2, 0) is 4.79 Å². The van der Waals surface area contributed by atoms with Crippen LogP contribution in [-0.4, -0.2) is 32.5 Å². The Bertz CT molecular complexity index is 1040. The number of rotatable bonds is 7. The summed E-state index contributed by atoms with van der Waals surface area (Å²) in [6.07, 6.45) is 0. The van der Waals surface area contributed by atoms with Crippen LogP contribution in [0.3, 0.4) is 0 Å². The van der Waals surface area contributed by atoms with Crippen molar-refractivity contribution in [3.8, 4) is 5.75 Å². The van der Waals surface area contributed by atoms with Gasteiger partial charge in [0.15, 0.2) is 0 Å². The molecule has 6 nitrogen and oxygen atoms in total. The van der Waals surface area contributed by atoms with Crippen molar-refractivity contribution < 1.29 is 14.3 Å². The van der Waals surface area contributed by atoms with Crippen LogP contribution >= 0.6 is 11.6 Å². The van der Waals surface area contributed by atoms with E-state index >= 15 is 0 Å². The van der Waals surface area contributed by atoms with Crippen molar-refractivity contribution in [2.75, 3.05) is 36.2 Å². The summed E-state index contributed by atoms with van der Waals surface area (Å²) < 4.78 is 5.10. The summed E-state index contributed by atoms with van der Waals surface area (Å²) in [6.45, 7) is 0.0375. The Morgan fingerprint density at radius 1 is 0.967 bits per heavy atom. The highest BCUT2D eigenvalue weighted by Crippen LogP contribution is 2.27. The molecular formula is C23H22ClN3O3. The molecule has 3 rings (SSSR count). The van der Waals surface area contributed by atoms with E-state index in [1.54, 1.807) is 54.4 Å². The molecule has 0 aliphatic carbocycles. The molecule has 2 amide bonds. The van der Waals surface area contributed by atoms with Gasteiger partial charge >= 0.3 is 0 Å². The Morgan fingerprint density at radius 3 is 2.43 bits per heavy atom. The van der Waals surface area contributed by atoms with E-state index in [0.29, 0.717) is 27.7 Å². The lowest BCUT2D eigenvalue weighted by Crippen LogP contribution is -2.26. The summed E-state index contributed by atoms with van der Waals surface area (Å²) in [4.78, 5) is 26.6. The molecule has 0 unspecified atom stereocenters. The van der Waals surface area contributed by atoms with Crippen molar-refractivity contribution in [2.45, 2.75) is 0 Å². The number of amides is 2. The first-order valence-electron chi connectivity index (χ1n) is 9.28. The Kier molecular flexibility index (Phi) is 6.93. The van der Waals surface area contributed by atoms with Crippen LogP contribution in [0.1, 0.15) is 10.4 Å². The highest BCUT2D eigenvalue weighted by Gasteiger charge is 2.14. The fourth-order valence-electron chi connectivity index (χ4n) is 2.86. The van der Waals surface area contributed by atoms with Gasteiger partial charge in [-0.25, -0.2) is 0 Å². The van der Waals surface area contributed by atoms with E-state index in [1.807, 2.05) is 30.3 Å². The Labute approximate surface area is 180 Å². The molecule has 0 heterocycles. The van der Waals surface area contributed by atoms with Crippen molar-refractivity contribution in [1.29, 1.82) is 0 Å². The van der Waals surface area contributed by atoms with Crippen LogP contribution in [0.15, 0.2) is 72.8 Å². The normalized spacial score (nSPS) is 10.2. The van der Waals surface area contributed by atoms with Gasteiger partial charge in [0, 0.05) is 29.7 Å². The van der Waals surface area contributed by atoms with Crippen molar-refractivity contribution in [2.24, 2.45) is 0 Å². The Balaban J connectivity index is 1.60. The lowest BCUT2D eigenvalue weighted by molar-refractivity contribution is -0.114. The lowest BCUT2D eigenvalue weighted by atomic mass is 10.1. The van der Waals surface area contributed by atoms with Crippen LogP contribution in [0.25, 0.3) is 0 Å². The van der Waals surface area contributed by atoms with Gasteiger partial charge in [-0.05, 0) is 48.5 Å². The van der Waals surface area contributed by atoms with Crippen LogP contribution < -0.4 is 20.3 Å². The summed E-state index contributed by atoms with van der Waals surface area (Å²) >= 11 is 6.07. The van der Waals surface area contributed by atoms with E-state index in [4.69, 9.17) is 16.3 Å². The zero-order valence-electron chi connectivity index (χ0n) is 16.7. The zero-order chi connectivity index (χ0) is 21.5. The number of hydrogen-bond donors (Lipinski definition) is 2. The molecule has 0 spiro atoms. The molecule has 0 atom stereocenters. The van der Waals surface area contributed by atoms with Crippen LogP contribution in [0.5, 0.6) is 5.75 Å². The van der Waals surface area contributed by atoms with E-state index < -0.39 is 0 Å². The molecule has 3 aromatic rings. The third-order valence-electron chi connectivity index (χ3n) is 4.45. The topological polar surface area (TPSA) is 70.7 Å². The molecule has 0 radical (unpaired) electrons. The molecule has 3 aromatic carbocycles. The molecule has 7 heteroatoms. The fraction of sp³-hybridized carbons (Fsp3) is 0.130. The molecule has 0 aliphatic heterocycles. The molecule has 154 valence electrons. The summed E-state index contributed by atoms with van der Waals surface area (Å²) in [5.41, 5.74) is 2.57. The quantitative estimate of drug-likeness (QED) is 0.579. The highest BCUT2D eigenvalue weighted by molar-refractivity contribution is 6.32. The molecule has 0 fully saturated rings. The maximum absolute atomic E-state index is 12.8. The maximum Gasteiger partial charge on any atom is 0.258 e. The van der Waals surface area contributed by atoms with Gasteiger partial charge in [-0.15, -0.1) is 0 Å². The van der Waals surface area contributed by atoms with Crippen LogP contribution in [0.4, 0.5) is 17.1 Å². The van der Waals surface area contributed by atoms with Gasteiger partial charge in [0.25, 0.3) is 5.91 Å². The van der Waals surface area contributed by atoms with Gasteiger partial charge in [0.05, 0.1) is 18.7 Å². The molecular weight excluding hydrogens is 402 g/mol. The molecule has 0 aromatic heterocycles. The first-order chi connectivity index (χ1) is 14.5. The molecule has 2 N–H and O–H groups in total. The summed E-state index contributed by atoms with van der Waals surface area (Å²) in [6, 6.07) is 21.5. The molecule has 0 aliphatic rings. The zero-order valence-corrected chi connectivity index (χ0v) is 17.4. The van der Waals surface area contributed by atoms with E-state index in [2.05, 4.69) is 10.6 Å². The SMILES string of the molecule is COc1ccc(NC(=O)CNc2cccc(C(=O)N(C)c3ccccc3)c2)cc1Cl. The van der Waals surface area contributed by atoms with E-state index in [9.17, 15) is 9.59 Å². The van der Waals surface area contributed by atoms with Gasteiger partial charge in [-0.1, -0.05) is 35.9 Å². The first kappa shape index (κ1) is 21.2. The van der Waals surface area contributed by atoms with Crippen molar-refractivity contribution >= 4 is 40.5 Å². The van der Waals surface area contributed by atoms with Gasteiger partial charge in [0.2, 0.25) is 5.91 Å². The minimum Gasteiger partial charge on any atom is -0.495 e. The van der Waals surface area contributed by atoms with Crippen LogP contribution in [0, 0.1) is 0 Å². The number of nitrogens with zero attached hydrogens (tertiary/aromatic N) is 1. The first-order valence-corrected chi connectivity index (χ1v) is 9.66. The van der Waals surface area contributed by atoms with Gasteiger partial charge in [-0.2, -0.15) is 0 Å². The second-order valence-corrected chi connectivity index (χ2v) is 6.94. The predicted octanol–water partition coefficient (Wildman–Crippen LogP) is 4.68. The van der Waals surface area contributed by atoms with Gasteiger partial charge in [-0.3, -0.25) is 9.59 Å². The van der Waals surface area contributed by atoms with Gasteiger partial charge in [0.1, 0.15) is 5.75 Å². The number of carbonyl (C=O) groups is 2. The van der Waals surface area contributed by atoms with E-state index in [1.165, 1.54) is 7.11 Å². The highest BCUT2D eigenvalue weighted by atomic mass is 35.5. The minimum atomic E-state index is -0.241. The number of carbonyl (C=O) groups excluding carboxylic acids is 2. The summed E-state index contributed by atoms with van der Waals surface area (Å²) in [5.74, 6) is 0.159. The second-order valence-electron chi connectivity index (χ2n) is 6.53. The molecule has 0 saturated heterocycles. The number of benzene rings is 3. The number of methoxy groups -OCH3 is 1. The number of ether oxygens (including phenoxy) is 1. The second kappa shape index (κ2) is 9.80. The van der Waals surface area contributed by atoms with Crippen molar-refractivity contribution in [1.82, 2.24) is 0 Å². The monoisotopic (exact) mass is 423 g/mol. The average molecular weight is 424 g/mol. The fourth-order valence-corrected chi connectivity index (χ4v) is 3.11. The average Bonchev–Trinajstić information content (AvgIpc) is 2.77. The predicted molar refractivity (Wildman–Crippen MR) is 121 cm³/mol. The maximum atomic E-state index is 12.8. The smallest absolute Gasteiger partial charge is 0.258 e. The number of hydrogen-bond acceptors (Lipinski definition) is 4. The third-order valence-corrected chi connectivity index (χ3v) is 4.74. The van der Waals surface area contributed by atoms with Gasteiger partial charge < -0.3 is 20.3 Å². The lowest BCUT2D eigenvalue weighted by Gasteiger charge is -2.18. The minimum absolute atomic E-state index is 0.0375. The van der Waals surface area contributed by atoms with E-state index in [-0.39, 0.29) is 18.4 Å². The van der Waals surface area contributed by atoms with E-state index in [0.717, 1.165) is 5.69 Å². The Morgan fingerprint density at radius 2 is 1.73 bits per heavy atom. The standard InChI is InChI=1S/C23H22ClN3O3/c1-27(19-9-4-3-5-10-19)23(29)16-7-6-8-17(13-16)25-15-22(28)26-18-11-12-21(30-2)20(24)14-18/h3-14,25H,15H2,1-2H3,(H,26,28). The third kappa shape index (κ3) is 5.30. The van der Waals surface area contributed by atoms with Crippen molar-refractivity contribution in [3.05, 3.63) is 83.4 Å². The molecule has 30 heavy (non-hydrogen) atoms. The number of halogens is 1. The number of para-hydroxylation sites is 1. The largest absolute Gasteiger partial charge is 0.495 e.